The number of halogens is 2. The molecule has 1 amide bonds. The Hall–Kier alpha value is -3.03. The summed E-state index contributed by atoms with van der Waals surface area (Å²) < 4.78 is 30.3. The first-order valence-electron chi connectivity index (χ1n) is 7.71. The molecule has 0 aliphatic heterocycles. The number of amides is 1. The van der Waals surface area contributed by atoms with Gasteiger partial charge in [0.1, 0.15) is 11.6 Å². The third kappa shape index (κ3) is 4.50. The molecular formula is C17H16F2N4O2. The van der Waals surface area contributed by atoms with Gasteiger partial charge in [-0.05, 0) is 29.8 Å². The van der Waals surface area contributed by atoms with Crippen LogP contribution in [0.25, 0.3) is 5.65 Å². The minimum Gasteiger partial charge on any atom is -0.435 e. The summed E-state index contributed by atoms with van der Waals surface area (Å²) in [6.45, 7) is -2.43. The molecular weight excluding hydrogens is 330 g/mol. The molecule has 3 aromatic rings. The van der Waals surface area contributed by atoms with E-state index in [1.807, 2.05) is 28.8 Å². The summed E-state index contributed by atoms with van der Waals surface area (Å²) in [5, 5.41) is 11.0. The molecule has 2 heterocycles. The minimum absolute atomic E-state index is 0.0674. The highest BCUT2D eigenvalue weighted by atomic mass is 19.3. The molecule has 25 heavy (non-hydrogen) atoms. The number of rotatable bonds is 7. The van der Waals surface area contributed by atoms with Crippen molar-refractivity contribution in [2.24, 2.45) is 0 Å². The van der Waals surface area contributed by atoms with Crippen molar-refractivity contribution in [2.45, 2.75) is 19.5 Å². The summed E-state index contributed by atoms with van der Waals surface area (Å²) >= 11 is 0. The molecule has 0 unspecified atom stereocenters. The highest BCUT2D eigenvalue weighted by molar-refractivity contribution is 5.78. The van der Waals surface area contributed by atoms with Crippen LogP contribution in [-0.4, -0.2) is 33.7 Å². The second-order valence-corrected chi connectivity index (χ2v) is 5.34. The average molecular weight is 346 g/mol. The van der Waals surface area contributed by atoms with Gasteiger partial charge in [0.25, 0.3) is 0 Å². The molecule has 0 atom stereocenters. The average Bonchev–Trinajstić information content (AvgIpc) is 3.00. The number of nitrogens with one attached hydrogen (secondary N) is 1. The zero-order valence-electron chi connectivity index (χ0n) is 13.2. The van der Waals surface area contributed by atoms with Crippen molar-refractivity contribution in [2.75, 3.05) is 6.54 Å². The van der Waals surface area contributed by atoms with Crippen LogP contribution in [0.15, 0.2) is 48.7 Å². The third-order valence-corrected chi connectivity index (χ3v) is 3.57. The second kappa shape index (κ2) is 7.69. The summed E-state index contributed by atoms with van der Waals surface area (Å²) in [6, 6.07) is 11.6. The van der Waals surface area contributed by atoms with Crippen LogP contribution in [0.1, 0.15) is 11.4 Å². The fourth-order valence-electron chi connectivity index (χ4n) is 2.41. The monoisotopic (exact) mass is 346 g/mol. The first kappa shape index (κ1) is 16.8. The number of ether oxygens (including phenoxy) is 1. The van der Waals surface area contributed by atoms with E-state index < -0.39 is 6.61 Å². The van der Waals surface area contributed by atoms with Gasteiger partial charge in [-0.1, -0.05) is 18.2 Å². The van der Waals surface area contributed by atoms with Crippen LogP contribution >= 0.6 is 0 Å². The first-order valence-corrected chi connectivity index (χ1v) is 7.71. The Labute approximate surface area is 142 Å². The maximum Gasteiger partial charge on any atom is 0.387 e. The molecule has 8 heteroatoms. The molecule has 0 saturated carbocycles. The van der Waals surface area contributed by atoms with Gasteiger partial charge in [-0.25, -0.2) is 0 Å². The minimum atomic E-state index is -2.86. The second-order valence-electron chi connectivity index (χ2n) is 5.34. The van der Waals surface area contributed by atoms with Gasteiger partial charge in [-0.2, -0.15) is 8.78 Å². The summed E-state index contributed by atoms with van der Waals surface area (Å²) in [4.78, 5) is 12.0. The van der Waals surface area contributed by atoms with Crippen molar-refractivity contribution in [3.05, 3.63) is 60.0 Å². The number of carbonyl (C=O) groups excluding carboxylic acids is 1. The van der Waals surface area contributed by atoms with Crippen molar-refractivity contribution in [3.63, 3.8) is 0 Å². The van der Waals surface area contributed by atoms with Gasteiger partial charge in [0.15, 0.2) is 5.65 Å². The predicted molar refractivity (Wildman–Crippen MR) is 86.5 cm³/mol. The summed E-state index contributed by atoms with van der Waals surface area (Å²) in [5.74, 6) is 0.679. The lowest BCUT2D eigenvalue weighted by molar-refractivity contribution is -0.120. The fraction of sp³-hybridized carbons (Fsp3) is 0.235. The van der Waals surface area contributed by atoms with E-state index in [2.05, 4.69) is 20.3 Å². The van der Waals surface area contributed by atoms with Crippen LogP contribution in [0.3, 0.4) is 0 Å². The van der Waals surface area contributed by atoms with Crippen molar-refractivity contribution in [3.8, 4) is 5.75 Å². The third-order valence-electron chi connectivity index (χ3n) is 3.57. The topological polar surface area (TPSA) is 68.5 Å². The number of nitrogens with zero attached hydrogens (tertiary/aromatic N) is 3. The number of aromatic nitrogens is 3. The largest absolute Gasteiger partial charge is 0.435 e. The molecule has 0 aliphatic rings. The zero-order chi connectivity index (χ0) is 17.6. The lowest BCUT2D eigenvalue weighted by Gasteiger charge is -2.07. The van der Waals surface area contributed by atoms with Crippen LogP contribution in [0.2, 0.25) is 0 Å². The van der Waals surface area contributed by atoms with Gasteiger partial charge in [0.2, 0.25) is 5.91 Å². The van der Waals surface area contributed by atoms with Gasteiger partial charge in [-0.15, -0.1) is 10.2 Å². The number of hydrogen-bond donors (Lipinski definition) is 1. The molecule has 0 radical (unpaired) electrons. The van der Waals surface area contributed by atoms with Crippen LogP contribution < -0.4 is 10.1 Å². The SMILES string of the molecule is O=C(Cc1ccc(OC(F)F)cc1)NCCc1nnc2ccccn12. The maximum atomic E-state index is 12.1. The Morgan fingerprint density at radius 3 is 2.72 bits per heavy atom. The van der Waals surface area contributed by atoms with Gasteiger partial charge in [0, 0.05) is 19.2 Å². The summed E-state index contributed by atoms with van der Waals surface area (Å²) in [7, 11) is 0. The van der Waals surface area contributed by atoms with Crippen LogP contribution in [0, 0.1) is 0 Å². The van der Waals surface area contributed by atoms with E-state index in [9.17, 15) is 13.6 Å². The van der Waals surface area contributed by atoms with E-state index in [1.54, 1.807) is 12.1 Å². The van der Waals surface area contributed by atoms with Gasteiger partial charge < -0.3 is 10.1 Å². The van der Waals surface area contributed by atoms with Crippen molar-refractivity contribution in [1.82, 2.24) is 19.9 Å². The van der Waals surface area contributed by atoms with E-state index >= 15 is 0 Å². The molecule has 0 fully saturated rings. The highest BCUT2D eigenvalue weighted by Gasteiger charge is 2.08. The number of benzene rings is 1. The Balaban J connectivity index is 1.48. The smallest absolute Gasteiger partial charge is 0.387 e. The van der Waals surface area contributed by atoms with E-state index in [0.29, 0.717) is 18.5 Å². The Morgan fingerprint density at radius 2 is 1.96 bits per heavy atom. The fourth-order valence-corrected chi connectivity index (χ4v) is 2.41. The van der Waals surface area contributed by atoms with Gasteiger partial charge >= 0.3 is 6.61 Å². The van der Waals surface area contributed by atoms with Crippen molar-refractivity contribution < 1.29 is 18.3 Å². The van der Waals surface area contributed by atoms with Crippen LogP contribution in [0.4, 0.5) is 8.78 Å². The van der Waals surface area contributed by atoms with Gasteiger partial charge in [-0.3, -0.25) is 9.20 Å². The molecule has 0 bridgehead atoms. The quantitative estimate of drug-likeness (QED) is 0.712. The van der Waals surface area contributed by atoms with E-state index in [0.717, 1.165) is 11.5 Å². The number of hydrogen-bond acceptors (Lipinski definition) is 4. The number of fused-ring (bicyclic) bond motifs is 1. The zero-order valence-corrected chi connectivity index (χ0v) is 13.2. The molecule has 0 spiro atoms. The summed E-state index contributed by atoms with van der Waals surface area (Å²) in [6.07, 6.45) is 2.59. The lowest BCUT2D eigenvalue weighted by Crippen LogP contribution is -2.27. The number of carbonyl (C=O) groups is 1. The molecule has 130 valence electrons. The highest BCUT2D eigenvalue weighted by Crippen LogP contribution is 2.15. The molecule has 3 rings (SSSR count). The van der Waals surface area contributed by atoms with E-state index in [4.69, 9.17) is 0 Å². The maximum absolute atomic E-state index is 12.1. The standard InChI is InChI=1S/C17H16F2N4O2/c18-17(19)25-13-6-4-12(5-7-13)11-16(24)20-9-8-15-22-21-14-3-1-2-10-23(14)15/h1-7,10,17H,8-9,11H2,(H,20,24). The Bertz CT molecular complexity index is 849. The number of alkyl halides is 2. The molecule has 2 aromatic heterocycles. The molecule has 1 N–H and O–H groups in total. The molecule has 0 aliphatic carbocycles. The van der Waals surface area contributed by atoms with E-state index in [-0.39, 0.29) is 18.1 Å². The van der Waals surface area contributed by atoms with Gasteiger partial charge in [0.05, 0.1) is 6.42 Å². The first-order chi connectivity index (χ1) is 12.1. The Morgan fingerprint density at radius 1 is 1.16 bits per heavy atom. The number of pyridine rings is 1. The van der Waals surface area contributed by atoms with Crippen molar-refractivity contribution >= 4 is 11.6 Å². The predicted octanol–water partition coefficient (Wildman–Crippen LogP) is 2.23. The van der Waals surface area contributed by atoms with Crippen molar-refractivity contribution in [1.29, 1.82) is 0 Å². The normalized spacial score (nSPS) is 11.0. The Kier molecular flexibility index (Phi) is 5.17. The van der Waals surface area contributed by atoms with Crippen LogP contribution in [0.5, 0.6) is 5.75 Å². The van der Waals surface area contributed by atoms with E-state index in [1.165, 1.54) is 12.1 Å². The molecule has 6 nitrogen and oxygen atoms in total. The molecule has 1 aromatic carbocycles. The summed E-state index contributed by atoms with van der Waals surface area (Å²) in [5.41, 5.74) is 1.47. The van der Waals surface area contributed by atoms with Crippen LogP contribution in [-0.2, 0) is 17.6 Å². The lowest BCUT2D eigenvalue weighted by atomic mass is 10.1. The molecule has 0 saturated heterocycles.